The maximum atomic E-state index is 12.4. The van der Waals surface area contributed by atoms with Crippen LogP contribution in [-0.4, -0.2) is 42.6 Å². The lowest BCUT2D eigenvalue weighted by atomic mass is 10.0. The van der Waals surface area contributed by atoms with Crippen LogP contribution in [0.1, 0.15) is 30.1 Å². The van der Waals surface area contributed by atoms with E-state index in [0.717, 1.165) is 12.8 Å². The van der Waals surface area contributed by atoms with Crippen LogP contribution in [0.4, 0.5) is 10.5 Å². The van der Waals surface area contributed by atoms with Gasteiger partial charge < -0.3 is 20.7 Å². The van der Waals surface area contributed by atoms with Crippen molar-refractivity contribution < 1.29 is 14.3 Å². The van der Waals surface area contributed by atoms with E-state index in [2.05, 4.69) is 5.32 Å². The van der Waals surface area contributed by atoms with Gasteiger partial charge in [0.15, 0.2) is 0 Å². The Kier molecular flexibility index (Phi) is 5.03. The highest BCUT2D eigenvalue weighted by Gasteiger charge is 2.25. The number of anilines is 1. The number of nitrogens with two attached hydrogens (primary N) is 1. The van der Waals surface area contributed by atoms with Gasteiger partial charge in [-0.1, -0.05) is 6.07 Å². The summed E-state index contributed by atoms with van der Waals surface area (Å²) >= 11 is 0. The van der Waals surface area contributed by atoms with Gasteiger partial charge in [-0.05, 0) is 38.0 Å². The van der Waals surface area contributed by atoms with Crippen molar-refractivity contribution in [1.29, 1.82) is 0 Å². The Morgan fingerprint density at radius 2 is 2.29 bits per heavy atom. The molecule has 1 atom stereocenters. The number of rotatable bonds is 3. The number of hydrogen-bond donors (Lipinski definition) is 2. The molecule has 1 aliphatic heterocycles. The minimum atomic E-state index is -0.430. The molecule has 6 heteroatoms. The lowest BCUT2D eigenvalue weighted by Gasteiger charge is -2.33. The minimum absolute atomic E-state index is 0.0577. The number of ether oxygens (including phenoxy) is 1. The second kappa shape index (κ2) is 6.97. The molecule has 2 amide bonds. The maximum Gasteiger partial charge on any atom is 0.407 e. The molecular formula is C15H21N3O3. The standard InChI is InChI=1S/C15H21N3O3/c1-2-21-15(20)17-13-7-4-8-18(10-13)14(19)11-5-3-6-12(16)9-11/h3,5-6,9,13H,2,4,7-8,10,16H2,1H3,(H,17,20). The first-order chi connectivity index (χ1) is 10.1. The van der Waals surface area contributed by atoms with Crippen molar-refractivity contribution in [2.24, 2.45) is 0 Å². The highest BCUT2D eigenvalue weighted by molar-refractivity contribution is 5.95. The molecular weight excluding hydrogens is 270 g/mol. The summed E-state index contributed by atoms with van der Waals surface area (Å²) in [5, 5.41) is 2.79. The lowest BCUT2D eigenvalue weighted by Crippen LogP contribution is -2.49. The second-order valence-electron chi connectivity index (χ2n) is 5.08. The molecule has 114 valence electrons. The van der Waals surface area contributed by atoms with Crippen LogP contribution in [0.2, 0.25) is 0 Å². The summed E-state index contributed by atoms with van der Waals surface area (Å²) in [7, 11) is 0. The molecule has 1 fully saturated rings. The van der Waals surface area contributed by atoms with Crippen LogP contribution < -0.4 is 11.1 Å². The third-order valence-corrected chi connectivity index (χ3v) is 3.44. The van der Waals surface area contributed by atoms with Crippen LogP contribution in [0.5, 0.6) is 0 Å². The van der Waals surface area contributed by atoms with Gasteiger partial charge in [-0.3, -0.25) is 4.79 Å². The largest absolute Gasteiger partial charge is 0.450 e. The van der Waals surface area contributed by atoms with Crippen LogP contribution in [0.15, 0.2) is 24.3 Å². The number of nitrogen functional groups attached to an aromatic ring is 1. The molecule has 0 radical (unpaired) electrons. The van der Waals surface area contributed by atoms with Gasteiger partial charge in [0, 0.05) is 30.4 Å². The van der Waals surface area contributed by atoms with Crippen LogP contribution >= 0.6 is 0 Å². The molecule has 1 aliphatic rings. The third kappa shape index (κ3) is 4.11. The summed E-state index contributed by atoms with van der Waals surface area (Å²) in [6.07, 6.45) is 1.27. The van der Waals surface area contributed by atoms with E-state index in [1.807, 2.05) is 0 Å². The first-order valence-corrected chi connectivity index (χ1v) is 7.18. The first kappa shape index (κ1) is 15.2. The summed E-state index contributed by atoms with van der Waals surface area (Å²) in [5.74, 6) is -0.0577. The van der Waals surface area contributed by atoms with Crippen LogP contribution in [-0.2, 0) is 4.74 Å². The zero-order valence-corrected chi connectivity index (χ0v) is 12.2. The summed E-state index contributed by atoms with van der Waals surface area (Å²) < 4.78 is 4.87. The number of piperidine rings is 1. The van der Waals surface area contributed by atoms with Crippen molar-refractivity contribution in [2.75, 3.05) is 25.4 Å². The quantitative estimate of drug-likeness (QED) is 0.829. The van der Waals surface area contributed by atoms with Gasteiger partial charge in [-0.2, -0.15) is 0 Å². The van der Waals surface area contributed by atoms with Crippen molar-refractivity contribution >= 4 is 17.7 Å². The predicted octanol–water partition coefficient (Wildman–Crippen LogP) is 1.62. The monoisotopic (exact) mass is 291 g/mol. The van der Waals surface area contributed by atoms with E-state index < -0.39 is 6.09 Å². The Bertz CT molecular complexity index is 519. The molecule has 0 saturated carbocycles. The maximum absolute atomic E-state index is 12.4. The van der Waals surface area contributed by atoms with Crippen LogP contribution in [0, 0.1) is 0 Å². The zero-order chi connectivity index (χ0) is 15.2. The Labute approximate surface area is 124 Å². The predicted molar refractivity (Wildman–Crippen MR) is 79.9 cm³/mol. The van der Waals surface area contributed by atoms with E-state index in [1.165, 1.54) is 0 Å². The molecule has 0 aromatic heterocycles. The van der Waals surface area contributed by atoms with Crippen molar-refractivity contribution in [3.05, 3.63) is 29.8 Å². The van der Waals surface area contributed by atoms with Gasteiger partial charge >= 0.3 is 6.09 Å². The Hall–Kier alpha value is -2.24. The molecule has 0 aliphatic carbocycles. The summed E-state index contributed by atoms with van der Waals surface area (Å²) in [6.45, 7) is 3.28. The number of benzene rings is 1. The number of alkyl carbamates (subject to hydrolysis) is 1. The molecule has 1 unspecified atom stereocenters. The second-order valence-corrected chi connectivity index (χ2v) is 5.08. The number of nitrogens with one attached hydrogen (secondary N) is 1. The van der Waals surface area contributed by atoms with E-state index in [9.17, 15) is 9.59 Å². The third-order valence-electron chi connectivity index (χ3n) is 3.44. The average molecular weight is 291 g/mol. The number of carbonyl (C=O) groups is 2. The van der Waals surface area contributed by atoms with Crippen molar-refractivity contribution in [2.45, 2.75) is 25.8 Å². The van der Waals surface area contributed by atoms with Gasteiger partial charge in [-0.25, -0.2) is 4.79 Å². The summed E-state index contributed by atoms with van der Waals surface area (Å²) in [6, 6.07) is 6.87. The summed E-state index contributed by atoms with van der Waals surface area (Å²) in [5.41, 5.74) is 6.85. The number of likely N-dealkylation sites (tertiary alicyclic amines) is 1. The van der Waals surface area contributed by atoms with Crippen molar-refractivity contribution in [3.8, 4) is 0 Å². The van der Waals surface area contributed by atoms with Gasteiger partial charge in [0.2, 0.25) is 0 Å². The summed E-state index contributed by atoms with van der Waals surface area (Å²) in [4.78, 5) is 25.6. The normalized spacial score (nSPS) is 18.1. The van der Waals surface area contributed by atoms with E-state index in [0.29, 0.717) is 30.9 Å². The van der Waals surface area contributed by atoms with Crippen molar-refractivity contribution in [1.82, 2.24) is 10.2 Å². The fourth-order valence-electron chi connectivity index (χ4n) is 2.47. The number of nitrogens with zero attached hydrogens (tertiary/aromatic N) is 1. The number of carbonyl (C=O) groups excluding carboxylic acids is 2. The van der Waals surface area contributed by atoms with Gasteiger partial charge in [0.05, 0.1) is 6.61 Å². The first-order valence-electron chi connectivity index (χ1n) is 7.18. The highest BCUT2D eigenvalue weighted by atomic mass is 16.5. The highest BCUT2D eigenvalue weighted by Crippen LogP contribution is 2.15. The fourth-order valence-corrected chi connectivity index (χ4v) is 2.47. The molecule has 1 saturated heterocycles. The minimum Gasteiger partial charge on any atom is -0.450 e. The van der Waals surface area contributed by atoms with E-state index in [4.69, 9.17) is 10.5 Å². The van der Waals surface area contributed by atoms with E-state index >= 15 is 0 Å². The molecule has 3 N–H and O–H groups in total. The number of hydrogen-bond acceptors (Lipinski definition) is 4. The van der Waals surface area contributed by atoms with Crippen molar-refractivity contribution in [3.63, 3.8) is 0 Å². The van der Waals surface area contributed by atoms with Crippen LogP contribution in [0.3, 0.4) is 0 Å². The van der Waals surface area contributed by atoms with Crippen LogP contribution in [0.25, 0.3) is 0 Å². The molecule has 1 aromatic carbocycles. The molecule has 1 heterocycles. The molecule has 1 aromatic rings. The molecule has 21 heavy (non-hydrogen) atoms. The molecule has 0 bridgehead atoms. The zero-order valence-electron chi connectivity index (χ0n) is 12.2. The Morgan fingerprint density at radius 3 is 3.00 bits per heavy atom. The Balaban J connectivity index is 1.97. The molecule has 0 spiro atoms. The smallest absolute Gasteiger partial charge is 0.407 e. The number of amides is 2. The van der Waals surface area contributed by atoms with E-state index in [-0.39, 0.29) is 11.9 Å². The Morgan fingerprint density at radius 1 is 1.48 bits per heavy atom. The average Bonchev–Trinajstić information content (AvgIpc) is 2.47. The fraction of sp³-hybridized carbons (Fsp3) is 0.467. The van der Waals surface area contributed by atoms with E-state index in [1.54, 1.807) is 36.1 Å². The van der Waals surface area contributed by atoms with Gasteiger partial charge in [0.25, 0.3) is 5.91 Å². The van der Waals surface area contributed by atoms with Gasteiger partial charge in [-0.15, -0.1) is 0 Å². The SMILES string of the molecule is CCOC(=O)NC1CCCN(C(=O)c2cccc(N)c2)C1. The van der Waals surface area contributed by atoms with Gasteiger partial charge in [0.1, 0.15) is 0 Å². The topological polar surface area (TPSA) is 84.7 Å². The lowest BCUT2D eigenvalue weighted by molar-refractivity contribution is 0.0686. The molecule has 2 rings (SSSR count). The molecule has 6 nitrogen and oxygen atoms in total.